The van der Waals surface area contributed by atoms with E-state index in [1.54, 1.807) is 24.3 Å². The molecule has 2 aromatic rings. The monoisotopic (exact) mass is 413 g/mol. The molecule has 2 amide bonds. The number of nitrogens with one attached hydrogen (secondary N) is 1. The summed E-state index contributed by atoms with van der Waals surface area (Å²) in [6.45, 7) is 1.30. The minimum atomic E-state index is -1.18. The fourth-order valence-electron chi connectivity index (χ4n) is 2.88. The van der Waals surface area contributed by atoms with Gasteiger partial charge in [-0.25, -0.2) is 0 Å². The van der Waals surface area contributed by atoms with Crippen LogP contribution in [0.5, 0.6) is 5.75 Å². The number of esters is 1. The van der Waals surface area contributed by atoms with E-state index in [1.165, 1.54) is 36.1 Å². The first kappa shape index (κ1) is 20.8. The van der Waals surface area contributed by atoms with Gasteiger partial charge in [0.1, 0.15) is 11.4 Å². The molecule has 0 spiro atoms. The number of nitrogens with zero attached hydrogens (tertiary/aromatic N) is 2. The lowest BCUT2D eigenvalue weighted by atomic mass is 10.2. The second-order valence-corrected chi connectivity index (χ2v) is 6.45. The number of ether oxygens (including phenoxy) is 2. The molecule has 0 fully saturated rings. The van der Waals surface area contributed by atoms with Crippen molar-refractivity contribution >= 4 is 34.8 Å². The van der Waals surface area contributed by atoms with E-state index in [9.17, 15) is 24.5 Å². The molecule has 10 heteroatoms. The molecule has 1 aliphatic rings. The number of benzene rings is 2. The highest BCUT2D eigenvalue weighted by Crippen LogP contribution is 2.31. The first-order chi connectivity index (χ1) is 14.4. The van der Waals surface area contributed by atoms with Gasteiger partial charge in [0.15, 0.2) is 12.7 Å². The van der Waals surface area contributed by atoms with Gasteiger partial charge in [-0.1, -0.05) is 24.3 Å². The van der Waals surface area contributed by atoms with Crippen LogP contribution in [-0.4, -0.2) is 42.0 Å². The van der Waals surface area contributed by atoms with E-state index in [0.29, 0.717) is 11.4 Å². The van der Waals surface area contributed by atoms with Gasteiger partial charge in [-0.15, -0.1) is 0 Å². The number of hydrogen-bond acceptors (Lipinski definition) is 7. The molecule has 0 saturated carbocycles. The summed E-state index contributed by atoms with van der Waals surface area (Å²) >= 11 is 0. The molecular weight excluding hydrogens is 394 g/mol. The minimum absolute atomic E-state index is 0.00548. The topological polar surface area (TPSA) is 128 Å². The first-order valence-electron chi connectivity index (χ1n) is 9.13. The van der Waals surface area contributed by atoms with E-state index < -0.39 is 22.9 Å². The van der Waals surface area contributed by atoms with Gasteiger partial charge in [-0.3, -0.25) is 24.5 Å². The summed E-state index contributed by atoms with van der Waals surface area (Å²) in [5.74, 6) is -1.13. The van der Waals surface area contributed by atoms with Crippen LogP contribution in [-0.2, 0) is 19.1 Å². The number of carbonyl (C=O) groups excluding carboxylic acids is 3. The maximum atomic E-state index is 12.3. The van der Waals surface area contributed by atoms with Crippen LogP contribution < -0.4 is 15.0 Å². The van der Waals surface area contributed by atoms with Crippen LogP contribution in [0.15, 0.2) is 48.5 Å². The van der Waals surface area contributed by atoms with Crippen molar-refractivity contribution in [2.75, 3.05) is 23.4 Å². The van der Waals surface area contributed by atoms with E-state index in [4.69, 9.17) is 9.47 Å². The third-order valence-corrected chi connectivity index (χ3v) is 4.38. The molecule has 1 heterocycles. The minimum Gasteiger partial charge on any atom is -0.482 e. The van der Waals surface area contributed by atoms with E-state index in [-0.39, 0.29) is 36.9 Å². The third-order valence-electron chi connectivity index (χ3n) is 4.38. The molecule has 156 valence electrons. The van der Waals surface area contributed by atoms with Crippen molar-refractivity contribution in [3.05, 3.63) is 58.6 Å². The second kappa shape index (κ2) is 9.03. The van der Waals surface area contributed by atoms with Crippen LogP contribution in [0.3, 0.4) is 0 Å². The van der Waals surface area contributed by atoms with Gasteiger partial charge in [0.2, 0.25) is 0 Å². The normalized spacial score (nSPS) is 13.6. The average molecular weight is 413 g/mol. The highest BCUT2D eigenvalue weighted by atomic mass is 16.6. The summed E-state index contributed by atoms with van der Waals surface area (Å²) in [7, 11) is 0. The Bertz CT molecular complexity index is 992. The molecule has 0 saturated heterocycles. The van der Waals surface area contributed by atoms with Crippen molar-refractivity contribution in [3.8, 4) is 5.75 Å². The molecule has 0 unspecified atom stereocenters. The van der Waals surface area contributed by atoms with Gasteiger partial charge in [0.25, 0.3) is 17.5 Å². The first-order valence-corrected chi connectivity index (χ1v) is 9.13. The van der Waals surface area contributed by atoms with Gasteiger partial charge < -0.3 is 19.7 Å². The van der Waals surface area contributed by atoms with Crippen LogP contribution in [0, 0.1) is 10.1 Å². The van der Waals surface area contributed by atoms with Gasteiger partial charge in [0.05, 0.1) is 17.0 Å². The highest BCUT2D eigenvalue weighted by molar-refractivity contribution is 5.99. The van der Waals surface area contributed by atoms with Crippen molar-refractivity contribution < 1.29 is 28.8 Å². The lowest BCUT2D eigenvalue weighted by Crippen LogP contribution is -2.40. The summed E-state index contributed by atoms with van der Waals surface area (Å²) in [6.07, 6.45) is -1.31. The lowest BCUT2D eigenvalue weighted by molar-refractivity contribution is -0.383. The molecule has 1 N–H and O–H groups in total. The summed E-state index contributed by atoms with van der Waals surface area (Å²) in [5.41, 5.74) is 0.295. The van der Waals surface area contributed by atoms with E-state index in [0.717, 1.165) is 0 Å². The van der Waals surface area contributed by atoms with E-state index in [2.05, 4.69) is 5.32 Å². The number of carbonyl (C=O) groups is 3. The van der Waals surface area contributed by atoms with Crippen LogP contribution in [0.1, 0.15) is 13.3 Å². The zero-order valence-corrected chi connectivity index (χ0v) is 16.1. The van der Waals surface area contributed by atoms with Crippen molar-refractivity contribution in [3.63, 3.8) is 0 Å². The highest BCUT2D eigenvalue weighted by Gasteiger charge is 2.27. The molecule has 10 nitrogen and oxygen atoms in total. The number of fused-ring (bicyclic) bond motifs is 1. The van der Waals surface area contributed by atoms with E-state index >= 15 is 0 Å². The quantitative estimate of drug-likeness (QED) is 0.419. The summed E-state index contributed by atoms with van der Waals surface area (Å²) in [4.78, 5) is 48.4. The summed E-state index contributed by atoms with van der Waals surface area (Å²) in [6, 6.07) is 12.6. The zero-order valence-electron chi connectivity index (χ0n) is 16.1. The predicted octanol–water partition coefficient (Wildman–Crippen LogP) is 2.28. The fraction of sp³-hybridized carbons (Fsp3) is 0.250. The number of nitro groups is 1. The van der Waals surface area contributed by atoms with Crippen LogP contribution in [0.25, 0.3) is 0 Å². The Kier molecular flexibility index (Phi) is 6.26. The molecule has 0 radical (unpaired) electrons. The van der Waals surface area contributed by atoms with Gasteiger partial charge in [-0.05, 0) is 25.1 Å². The Balaban J connectivity index is 1.56. The molecule has 0 aromatic heterocycles. The number of nitro benzene ring substituents is 1. The van der Waals surface area contributed by atoms with E-state index in [1.807, 2.05) is 0 Å². The fourth-order valence-corrected chi connectivity index (χ4v) is 2.88. The SMILES string of the molecule is C[C@@H](OC(=O)CCN1C(=O)COc2ccccc21)C(=O)Nc1ccccc1[N+](=O)[O-]. The van der Waals surface area contributed by atoms with Crippen molar-refractivity contribution in [2.45, 2.75) is 19.4 Å². The number of para-hydroxylation sites is 4. The Labute approximate surface area is 171 Å². The van der Waals surface area contributed by atoms with Crippen LogP contribution in [0.2, 0.25) is 0 Å². The smallest absolute Gasteiger partial charge is 0.308 e. The van der Waals surface area contributed by atoms with Crippen LogP contribution in [0.4, 0.5) is 17.1 Å². The number of hydrogen-bond donors (Lipinski definition) is 1. The summed E-state index contributed by atoms with van der Waals surface area (Å²) < 4.78 is 10.5. The van der Waals surface area contributed by atoms with Crippen molar-refractivity contribution in [1.29, 1.82) is 0 Å². The van der Waals surface area contributed by atoms with Gasteiger partial charge >= 0.3 is 5.97 Å². The number of anilines is 2. The number of rotatable bonds is 7. The molecule has 0 aliphatic carbocycles. The molecule has 2 aromatic carbocycles. The molecular formula is C20H19N3O7. The largest absolute Gasteiger partial charge is 0.482 e. The molecule has 1 aliphatic heterocycles. The average Bonchev–Trinajstić information content (AvgIpc) is 2.73. The number of amides is 2. The molecule has 30 heavy (non-hydrogen) atoms. The van der Waals surface area contributed by atoms with Gasteiger partial charge in [-0.2, -0.15) is 0 Å². The third kappa shape index (κ3) is 4.72. The Morgan fingerprint density at radius 1 is 1.23 bits per heavy atom. The Morgan fingerprint density at radius 2 is 1.93 bits per heavy atom. The van der Waals surface area contributed by atoms with Crippen LogP contribution >= 0.6 is 0 Å². The second-order valence-electron chi connectivity index (χ2n) is 6.45. The van der Waals surface area contributed by atoms with Gasteiger partial charge in [0, 0.05) is 12.6 Å². The summed E-state index contributed by atoms with van der Waals surface area (Å²) in [5, 5.41) is 13.4. The Hall–Kier alpha value is -3.95. The molecule has 3 rings (SSSR count). The molecule has 0 bridgehead atoms. The standard InChI is InChI=1S/C20H19N3O7/c1-13(20(26)21-14-6-2-3-7-15(14)23(27)28)30-19(25)10-11-22-16-8-4-5-9-17(16)29-12-18(22)24/h2-9,13H,10-12H2,1H3,(H,21,26)/t13-/m1/s1. The molecule has 1 atom stereocenters. The maximum Gasteiger partial charge on any atom is 0.308 e. The lowest BCUT2D eigenvalue weighted by Gasteiger charge is -2.29. The van der Waals surface area contributed by atoms with Crippen molar-refractivity contribution in [1.82, 2.24) is 0 Å². The maximum absolute atomic E-state index is 12.3. The zero-order chi connectivity index (χ0) is 21.7. The van der Waals surface area contributed by atoms with Crippen molar-refractivity contribution in [2.24, 2.45) is 0 Å². The predicted molar refractivity (Wildman–Crippen MR) is 106 cm³/mol. The Morgan fingerprint density at radius 3 is 2.70 bits per heavy atom.